The lowest BCUT2D eigenvalue weighted by Gasteiger charge is -2.09. The second-order valence-electron chi connectivity index (χ2n) is 5.74. The molecule has 0 radical (unpaired) electrons. The third-order valence-electron chi connectivity index (χ3n) is 3.85. The van der Waals surface area contributed by atoms with E-state index >= 15 is 0 Å². The summed E-state index contributed by atoms with van der Waals surface area (Å²) in [6.07, 6.45) is 3.25. The number of fused-ring (bicyclic) bond motifs is 1. The number of para-hydroxylation sites is 1. The van der Waals surface area contributed by atoms with Gasteiger partial charge in [-0.1, -0.05) is 35.9 Å². The molecule has 0 bridgehead atoms. The Bertz CT molecular complexity index is 1130. The Labute approximate surface area is 160 Å². The van der Waals surface area contributed by atoms with E-state index in [1.54, 1.807) is 36.5 Å². The molecule has 0 aliphatic carbocycles. The fourth-order valence-electron chi connectivity index (χ4n) is 2.63. The first-order chi connectivity index (χ1) is 13.2. The van der Waals surface area contributed by atoms with Crippen LogP contribution in [-0.4, -0.2) is 20.9 Å². The number of carbonyl (C=O) groups is 1. The number of benzene rings is 2. The Morgan fingerprint density at radius 1 is 0.926 bits per heavy atom. The molecule has 2 heterocycles. The Morgan fingerprint density at radius 2 is 1.78 bits per heavy atom. The lowest BCUT2D eigenvalue weighted by Crippen LogP contribution is -2.14. The standard InChI is InChI=1S/C20H14ClN5O/c21-14-6-2-7-15(12-14)24-19(27)17-9-11-23-20(26-17)25-16-8-1-4-13-5-3-10-22-18(13)16/h1-12H,(H,24,27)(H,23,25,26). The summed E-state index contributed by atoms with van der Waals surface area (Å²) >= 11 is 5.94. The monoisotopic (exact) mass is 375 g/mol. The highest BCUT2D eigenvalue weighted by Crippen LogP contribution is 2.23. The van der Waals surface area contributed by atoms with Crippen LogP contribution in [0.3, 0.4) is 0 Å². The molecule has 1 amide bonds. The summed E-state index contributed by atoms with van der Waals surface area (Å²) < 4.78 is 0. The van der Waals surface area contributed by atoms with Gasteiger partial charge in [-0.05, 0) is 36.4 Å². The Balaban J connectivity index is 1.58. The molecule has 132 valence electrons. The summed E-state index contributed by atoms with van der Waals surface area (Å²) in [6, 6.07) is 18.1. The van der Waals surface area contributed by atoms with Crippen molar-refractivity contribution in [3.05, 3.63) is 83.8 Å². The number of carbonyl (C=O) groups excluding carboxylic acids is 1. The van der Waals surface area contributed by atoms with Gasteiger partial charge in [-0.25, -0.2) is 9.97 Å². The van der Waals surface area contributed by atoms with Gasteiger partial charge in [-0.2, -0.15) is 0 Å². The molecule has 0 aliphatic heterocycles. The predicted octanol–water partition coefficient (Wildman–Crippen LogP) is 4.67. The first-order valence-corrected chi connectivity index (χ1v) is 8.57. The maximum atomic E-state index is 12.5. The topological polar surface area (TPSA) is 79.8 Å². The highest BCUT2D eigenvalue weighted by Gasteiger charge is 2.11. The summed E-state index contributed by atoms with van der Waals surface area (Å²) in [7, 11) is 0. The second kappa shape index (κ2) is 7.39. The van der Waals surface area contributed by atoms with Gasteiger partial charge >= 0.3 is 0 Å². The number of rotatable bonds is 4. The summed E-state index contributed by atoms with van der Waals surface area (Å²) in [4.78, 5) is 25.3. The molecule has 2 aromatic heterocycles. The Hall–Kier alpha value is -3.51. The van der Waals surface area contributed by atoms with E-state index in [0.29, 0.717) is 16.7 Å². The zero-order valence-electron chi connectivity index (χ0n) is 14.1. The van der Waals surface area contributed by atoms with E-state index in [9.17, 15) is 4.79 Å². The van der Waals surface area contributed by atoms with Crippen molar-refractivity contribution in [1.29, 1.82) is 0 Å². The molecule has 0 saturated carbocycles. The number of nitrogens with zero attached hydrogens (tertiary/aromatic N) is 3. The van der Waals surface area contributed by atoms with Crippen molar-refractivity contribution < 1.29 is 4.79 Å². The van der Waals surface area contributed by atoms with Crippen molar-refractivity contribution in [3.8, 4) is 0 Å². The quantitative estimate of drug-likeness (QED) is 0.541. The van der Waals surface area contributed by atoms with Gasteiger partial charge in [0, 0.05) is 28.5 Å². The largest absolute Gasteiger partial charge is 0.322 e. The highest BCUT2D eigenvalue weighted by atomic mass is 35.5. The minimum atomic E-state index is -0.348. The average molecular weight is 376 g/mol. The molecule has 27 heavy (non-hydrogen) atoms. The zero-order valence-corrected chi connectivity index (χ0v) is 14.8. The molecule has 7 heteroatoms. The van der Waals surface area contributed by atoms with Gasteiger partial charge in [0.1, 0.15) is 5.69 Å². The maximum Gasteiger partial charge on any atom is 0.274 e. The van der Waals surface area contributed by atoms with Crippen molar-refractivity contribution >= 4 is 45.7 Å². The summed E-state index contributed by atoms with van der Waals surface area (Å²) in [5.74, 6) is -0.0364. The number of hydrogen-bond acceptors (Lipinski definition) is 5. The second-order valence-corrected chi connectivity index (χ2v) is 6.17. The molecule has 0 saturated heterocycles. The SMILES string of the molecule is O=C(Nc1cccc(Cl)c1)c1ccnc(Nc2cccc3cccnc23)n1. The van der Waals surface area contributed by atoms with Crippen LogP contribution in [0.4, 0.5) is 17.3 Å². The van der Waals surface area contributed by atoms with Gasteiger partial charge in [-0.15, -0.1) is 0 Å². The molecule has 0 atom stereocenters. The van der Waals surface area contributed by atoms with Crippen molar-refractivity contribution in [2.24, 2.45) is 0 Å². The van der Waals surface area contributed by atoms with E-state index in [1.807, 2.05) is 30.3 Å². The van der Waals surface area contributed by atoms with Crippen LogP contribution in [0.2, 0.25) is 5.02 Å². The zero-order chi connectivity index (χ0) is 18.6. The number of nitrogens with one attached hydrogen (secondary N) is 2. The van der Waals surface area contributed by atoms with Gasteiger partial charge in [0.25, 0.3) is 5.91 Å². The van der Waals surface area contributed by atoms with E-state index in [4.69, 9.17) is 11.6 Å². The van der Waals surface area contributed by atoms with Crippen molar-refractivity contribution in [3.63, 3.8) is 0 Å². The fourth-order valence-corrected chi connectivity index (χ4v) is 2.82. The number of amides is 1. The minimum absolute atomic E-state index is 0.237. The summed E-state index contributed by atoms with van der Waals surface area (Å²) in [5, 5.41) is 7.44. The molecule has 0 spiro atoms. The molecule has 2 N–H and O–H groups in total. The fraction of sp³-hybridized carbons (Fsp3) is 0. The van der Waals surface area contributed by atoms with E-state index in [1.165, 1.54) is 6.20 Å². The van der Waals surface area contributed by atoms with Crippen molar-refractivity contribution in [2.45, 2.75) is 0 Å². The van der Waals surface area contributed by atoms with Crippen LogP contribution in [-0.2, 0) is 0 Å². The molecule has 4 aromatic rings. The van der Waals surface area contributed by atoms with E-state index < -0.39 is 0 Å². The van der Waals surface area contributed by atoms with Gasteiger partial charge in [0.05, 0.1) is 11.2 Å². The number of pyridine rings is 1. The van der Waals surface area contributed by atoms with Crippen LogP contribution < -0.4 is 10.6 Å². The van der Waals surface area contributed by atoms with E-state index in [0.717, 1.165) is 16.6 Å². The first kappa shape index (κ1) is 16.9. The predicted molar refractivity (Wildman–Crippen MR) is 106 cm³/mol. The molecule has 4 rings (SSSR count). The van der Waals surface area contributed by atoms with Gasteiger partial charge in [0.2, 0.25) is 5.95 Å². The third-order valence-corrected chi connectivity index (χ3v) is 4.08. The van der Waals surface area contributed by atoms with Gasteiger partial charge in [-0.3, -0.25) is 9.78 Å². The highest BCUT2D eigenvalue weighted by molar-refractivity contribution is 6.30. The normalized spacial score (nSPS) is 10.6. The lowest BCUT2D eigenvalue weighted by molar-refractivity contribution is 0.102. The van der Waals surface area contributed by atoms with Crippen LogP contribution in [0, 0.1) is 0 Å². The first-order valence-electron chi connectivity index (χ1n) is 8.20. The lowest BCUT2D eigenvalue weighted by atomic mass is 10.2. The number of hydrogen-bond donors (Lipinski definition) is 2. The molecular weight excluding hydrogens is 362 g/mol. The number of anilines is 3. The average Bonchev–Trinajstić information content (AvgIpc) is 2.68. The Kier molecular flexibility index (Phi) is 4.63. The van der Waals surface area contributed by atoms with Gasteiger partial charge in [0.15, 0.2) is 0 Å². The minimum Gasteiger partial charge on any atom is -0.322 e. The van der Waals surface area contributed by atoms with Crippen LogP contribution in [0.1, 0.15) is 10.5 Å². The molecular formula is C20H14ClN5O. The van der Waals surface area contributed by atoms with Gasteiger partial charge < -0.3 is 10.6 Å². The number of aromatic nitrogens is 3. The van der Waals surface area contributed by atoms with Crippen molar-refractivity contribution in [2.75, 3.05) is 10.6 Å². The third kappa shape index (κ3) is 3.86. The maximum absolute atomic E-state index is 12.5. The van der Waals surface area contributed by atoms with Crippen LogP contribution in [0.15, 0.2) is 73.1 Å². The molecule has 0 aliphatic rings. The summed E-state index contributed by atoms with van der Waals surface area (Å²) in [5.41, 5.74) is 2.40. The smallest absolute Gasteiger partial charge is 0.274 e. The molecule has 0 unspecified atom stereocenters. The van der Waals surface area contributed by atoms with E-state index in [2.05, 4.69) is 25.6 Å². The molecule has 6 nitrogen and oxygen atoms in total. The van der Waals surface area contributed by atoms with Crippen LogP contribution in [0.25, 0.3) is 10.9 Å². The molecule has 0 fully saturated rings. The summed E-state index contributed by atoms with van der Waals surface area (Å²) in [6.45, 7) is 0. The molecule has 2 aromatic carbocycles. The number of halogens is 1. The van der Waals surface area contributed by atoms with Crippen molar-refractivity contribution in [1.82, 2.24) is 15.0 Å². The van der Waals surface area contributed by atoms with E-state index in [-0.39, 0.29) is 11.6 Å². The Morgan fingerprint density at radius 3 is 2.67 bits per heavy atom. The van der Waals surface area contributed by atoms with Crippen LogP contribution >= 0.6 is 11.6 Å². The van der Waals surface area contributed by atoms with Crippen LogP contribution in [0.5, 0.6) is 0 Å².